The lowest BCUT2D eigenvalue weighted by atomic mass is 9.84. The van der Waals surface area contributed by atoms with Gasteiger partial charge in [0.15, 0.2) is 0 Å². The van der Waals surface area contributed by atoms with E-state index in [9.17, 15) is 4.79 Å². The van der Waals surface area contributed by atoms with Crippen LogP contribution >= 0.6 is 11.6 Å². The predicted molar refractivity (Wildman–Crippen MR) is 81.5 cm³/mol. The number of hydrogen-bond donors (Lipinski definition) is 1. The normalized spacial score (nSPS) is 22.4. The van der Waals surface area contributed by atoms with Gasteiger partial charge in [-0.05, 0) is 49.8 Å². The van der Waals surface area contributed by atoms with Gasteiger partial charge in [-0.15, -0.1) is 0 Å². The first kappa shape index (κ1) is 15.2. The van der Waals surface area contributed by atoms with Crippen LogP contribution in [0.15, 0.2) is 18.2 Å². The standard InChI is InChI=1S/C16H22ClNO2/c1-3-11-4-7-13(8-5-11)18-16(19)14-10-12(17)6-9-15(14)20-2/h6,9-11,13H,3-5,7-8H2,1-2H3,(H,18,19). The van der Waals surface area contributed by atoms with Gasteiger partial charge >= 0.3 is 0 Å². The Morgan fingerprint density at radius 3 is 2.65 bits per heavy atom. The number of ether oxygens (including phenoxy) is 1. The van der Waals surface area contributed by atoms with Crippen LogP contribution < -0.4 is 10.1 Å². The van der Waals surface area contributed by atoms with Gasteiger partial charge in [0.2, 0.25) is 0 Å². The lowest BCUT2D eigenvalue weighted by Gasteiger charge is -2.28. The minimum Gasteiger partial charge on any atom is -0.496 e. The predicted octanol–water partition coefficient (Wildman–Crippen LogP) is 4.05. The van der Waals surface area contributed by atoms with Crippen LogP contribution in [0.5, 0.6) is 5.75 Å². The van der Waals surface area contributed by atoms with Gasteiger partial charge in [0.05, 0.1) is 12.7 Å². The van der Waals surface area contributed by atoms with Crippen molar-refractivity contribution in [3.63, 3.8) is 0 Å². The van der Waals surface area contributed by atoms with Gasteiger partial charge in [0, 0.05) is 11.1 Å². The van der Waals surface area contributed by atoms with Crippen LogP contribution in [0.25, 0.3) is 0 Å². The Kier molecular flexibility index (Phi) is 5.30. The summed E-state index contributed by atoms with van der Waals surface area (Å²) in [6.07, 6.45) is 5.77. The van der Waals surface area contributed by atoms with Gasteiger partial charge in [-0.2, -0.15) is 0 Å². The number of rotatable bonds is 4. The molecule has 3 nitrogen and oxygen atoms in total. The van der Waals surface area contributed by atoms with Crippen molar-refractivity contribution < 1.29 is 9.53 Å². The molecule has 1 aliphatic rings. The second-order valence-electron chi connectivity index (χ2n) is 5.44. The number of hydrogen-bond acceptors (Lipinski definition) is 2. The van der Waals surface area contributed by atoms with E-state index in [-0.39, 0.29) is 11.9 Å². The Balaban J connectivity index is 2.00. The number of amides is 1. The summed E-state index contributed by atoms with van der Waals surface area (Å²) in [7, 11) is 1.56. The zero-order valence-corrected chi connectivity index (χ0v) is 12.9. The average Bonchev–Trinajstić information content (AvgIpc) is 2.48. The number of carbonyl (C=O) groups is 1. The fourth-order valence-corrected chi connectivity index (χ4v) is 3.01. The summed E-state index contributed by atoms with van der Waals surface area (Å²) in [5.41, 5.74) is 0.512. The molecule has 0 radical (unpaired) electrons. The molecule has 2 rings (SSSR count). The Bertz CT molecular complexity index is 468. The third-order valence-corrected chi connectivity index (χ3v) is 4.40. The monoisotopic (exact) mass is 295 g/mol. The van der Waals surface area contributed by atoms with Gasteiger partial charge in [-0.1, -0.05) is 24.9 Å². The van der Waals surface area contributed by atoms with Crippen molar-refractivity contribution in [1.82, 2.24) is 5.32 Å². The maximum Gasteiger partial charge on any atom is 0.255 e. The van der Waals surface area contributed by atoms with Crippen LogP contribution in [0.2, 0.25) is 5.02 Å². The van der Waals surface area contributed by atoms with Gasteiger partial charge in [0.1, 0.15) is 5.75 Å². The molecule has 4 heteroatoms. The Labute approximate surface area is 125 Å². The van der Waals surface area contributed by atoms with Crippen LogP contribution in [0, 0.1) is 5.92 Å². The van der Waals surface area contributed by atoms with Crippen molar-refractivity contribution in [2.45, 2.75) is 45.1 Å². The molecule has 20 heavy (non-hydrogen) atoms. The first-order valence-electron chi connectivity index (χ1n) is 7.28. The SMILES string of the molecule is CCC1CCC(NC(=O)c2cc(Cl)ccc2OC)CC1. The molecule has 0 bridgehead atoms. The molecule has 1 aliphatic carbocycles. The largest absolute Gasteiger partial charge is 0.496 e. The number of benzene rings is 1. The summed E-state index contributed by atoms with van der Waals surface area (Å²) >= 11 is 5.96. The molecule has 1 N–H and O–H groups in total. The van der Waals surface area contributed by atoms with Gasteiger partial charge in [-0.3, -0.25) is 4.79 Å². The topological polar surface area (TPSA) is 38.3 Å². The third kappa shape index (κ3) is 3.66. The van der Waals surface area contributed by atoms with Crippen LogP contribution in [0.1, 0.15) is 49.4 Å². The highest BCUT2D eigenvalue weighted by Crippen LogP contribution is 2.27. The summed E-state index contributed by atoms with van der Waals surface area (Å²) in [5.74, 6) is 1.29. The average molecular weight is 296 g/mol. The molecule has 1 fully saturated rings. The fraction of sp³-hybridized carbons (Fsp3) is 0.562. The quantitative estimate of drug-likeness (QED) is 0.910. The van der Waals surface area contributed by atoms with Crippen molar-refractivity contribution in [3.05, 3.63) is 28.8 Å². The Morgan fingerprint density at radius 2 is 2.05 bits per heavy atom. The van der Waals surface area contributed by atoms with Crippen molar-refractivity contribution >= 4 is 17.5 Å². The highest BCUT2D eigenvalue weighted by molar-refractivity contribution is 6.31. The van der Waals surface area contributed by atoms with Gasteiger partial charge < -0.3 is 10.1 Å². The van der Waals surface area contributed by atoms with Crippen LogP contribution in [-0.4, -0.2) is 19.1 Å². The lowest BCUT2D eigenvalue weighted by molar-refractivity contribution is 0.0918. The molecular formula is C16H22ClNO2. The molecule has 1 aromatic carbocycles. The van der Waals surface area contributed by atoms with E-state index in [2.05, 4.69) is 12.2 Å². The second-order valence-corrected chi connectivity index (χ2v) is 5.88. The maximum absolute atomic E-state index is 12.3. The molecule has 0 heterocycles. The Hall–Kier alpha value is -1.22. The number of methoxy groups -OCH3 is 1. The molecule has 1 saturated carbocycles. The van der Waals surface area contributed by atoms with E-state index >= 15 is 0 Å². The zero-order valence-electron chi connectivity index (χ0n) is 12.1. The fourth-order valence-electron chi connectivity index (χ4n) is 2.84. The van der Waals surface area contributed by atoms with E-state index < -0.39 is 0 Å². The first-order chi connectivity index (χ1) is 9.63. The second kappa shape index (κ2) is 6.98. The van der Waals surface area contributed by atoms with E-state index in [1.54, 1.807) is 25.3 Å². The van der Waals surface area contributed by atoms with Gasteiger partial charge in [-0.25, -0.2) is 0 Å². The molecule has 0 atom stereocenters. The number of nitrogens with one attached hydrogen (secondary N) is 1. The molecule has 110 valence electrons. The smallest absolute Gasteiger partial charge is 0.255 e. The molecule has 0 aliphatic heterocycles. The molecule has 0 aromatic heterocycles. The first-order valence-corrected chi connectivity index (χ1v) is 7.66. The summed E-state index contributed by atoms with van der Waals surface area (Å²) in [4.78, 5) is 12.3. The number of carbonyl (C=O) groups excluding carboxylic acids is 1. The van der Waals surface area contributed by atoms with Crippen LogP contribution in [-0.2, 0) is 0 Å². The van der Waals surface area contributed by atoms with Crippen LogP contribution in [0.3, 0.4) is 0 Å². The summed E-state index contributed by atoms with van der Waals surface area (Å²) < 4.78 is 5.23. The highest BCUT2D eigenvalue weighted by atomic mass is 35.5. The van der Waals surface area contributed by atoms with E-state index in [0.29, 0.717) is 16.3 Å². The van der Waals surface area contributed by atoms with E-state index in [4.69, 9.17) is 16.3 Å². The highest BCUT2D eigenvalue weighted by Gasteiger charge is 2.23. The molecule has 0 unspecified atom stereocenters. The van der Waals surface area contributed by atoms with Crippen molar-refractivity contribution in [2.24, 2.45) is 5.92 Å². The molecular weight excluding hydrogens is 274 g/mol. The van der Waals surface area contributed by atoms with Crippen molar-refractivity contribution in [2.75, 3.05) is 7.11 Å². The zero-order chi connectivity index (χ0) is 14.5. The van der Waals surface area contributed by atoms with E-state index in [0.717, 1.165) is 18.8 Å². The van der Waals surface area contributed by atoms with Gasteiger partial charge in [0.25, 0.3) is 5.91 Å². The minimum atomic E-state index is -0.0932. The van der Waals surface area contributed by atoms with Crippen molar-refractivity contribution in [1.29, 1.82) is 0 Å². The van der Waals surface area contributed by atoms with Crippen molar-refractivity contribution in [3.8, 4) is 5.75 Å². The summed E-state index contributed by atoms with van der Waals surface area (Å²) in [6, 6.07) is 5.39. The summed E-state index contributed by atoms with van der Waals surface area (Å²) in [5, 5.41) is 3.65. The molecule has 1 aromatic rings. The van der Waals surface area contributed by atoms with E-state index in [1.165, 1.54) is 19.3 Å². The number of halogens is 1. The third-order valence-electron chi connectivity index (χ3n) is 4.17. The molecule has 1 amide bonds. The van der Waals surface area contributed by atoms with Crippen LogP contribution in [0.4, 0.5) is 0 Å². The minimum absolute atomic E-state index is 0.0932. The Morgan fingerprint density at radius 1 is 1.35 bits per heavy atom. The molecule has 0 saturated heterocycles. The van der Waals surface area contributed by atoms with E-state index in [1.807, 2.05) is 0 Å². The summed E-state index contributed by atoms with van der Waals surface area (Å²) in [6.45, 7) is 2.24. The lowest BCUT2D eigenvalue weighted by Crippen LogP contribution is -2.37. The maximum atomic E-state index is 12.3. The molecule has 0 spiro atoms.